The molecular weight excluding hydrogens is 668 g/mol. The lowest BCUT2D eigenvalue weighted by molar-refractivity contribution is -0.665. The molecule has 0 fully saturated rings. The maximum absolute atomic E-state index is 2.50. The minimum Gasteiger partial charge on any atom is -1.00 e. The molecule has 0 bridgehead atoms. The Labute approximate surface area is 267 Å². The van der Waals surface area contributed by atoms with Crippen LogP contribution in [0, 0.1) is 5.92 Å². The summed E-state index contributed by atoms with van der Waals surface area (Å²) in [7, 11) is 0. The van der Waals surface area contributed by atoms with Crippen LogP contribution in [0.2, 0.25) is 0 Å². The van der Waals surface area contributed by atoms with Crippen LogP contribution in [0.3, 0.4) is 0 Å². The lowest BCUT2D eigenvalue weighted by atomic mass is 9.77. The summed E-state index contributed by atoms with van der Waals surface area (Å²) in [5, 5.41) is 2.74. The van der Waals surface area contributed by atoms with E-state index in [4.69, 9.17) is 0 Å². The van der Waals surface area contributed by atoms with E-state index in [1.54, 1.807) is 0 Å². The van der Waals surface area contributed by atoms with Gasteiger partial charge in [0.25, 0.3) is 5.01 Å². The molecule has 6 rings (SSSR count). The zero-order chi connectivity index (χ0) is 26.2. The first-order valence-electron chi connectivity index (χ1n) is 13.6. The quantitative estimate of drug-likeness (QED) is 0.163. The van der Waals surface area contributed by atoms with Gasteiger partial charge >= 0.3 is 0 Å². The standard InChI is InChI=1S/C32H35N2S4.HI/c1-5-33-27-19-25(35-3)11-13-29(27)37-31(33)17-21-7-9-23-10-8-22(16-24(23)15-21)18-32-34(6-2)28-20-26(36-4)12-14-30(28)38-32;/h11-20,23H,5-10H2,1-4H3;1H/q+1;/p-1. The van der Waals surface area contributed by atoms with E-state index in [0.717, 1.165) is 13.1 Å². The number of aromatic nitrogens is 1. The Bertz CT molecular complexity index is 1510. The molecule has 1 unspecified atom stereocenters. The third-order valence-electron chi connectivity index (χ3n) is 7.86. The first kappa shape index (κ1) is 29.4. The molecule has 0 saturated heterocycles. The number of anilines is 1. The molecule has 0 spiro atoms. The third kappa shape index (κ3) is 5.94. The molecule has 204 valence electrons. The van der Waals surface area contributed by atoms with Gasteiger partial charge in [0, 0.05) is 33.4 Å². The number of rotatable bonds is 6. The summed E-state index contributed by atoms with van der Waals surface area (Å²) in [4.78, 5) is 6.54. The van der Waals surface area contributed by atoms with Gasteiger partial charge in [0.1, 0.15) is 11.2 Å². The second kappa shape index (κ2) is 12.8. The van der Waals surface area contributed by atoms with Crippen molar-refractivity contribution in [3.8, 4) is 0 Å². The van der Waals surface area contributed by atoms with E-state index < -0.39 is 0 Å². The summed E-state index contributed by atoms with van der Waals surface area (Å²) in [6.45, 7) is 6.53. The topological polar surface area (TPSA) is 7.12 Å². The van der Waals surface area contributed by atoms with E-state index in [0.29, 0.717) is 5.92 Å². The molecule has 0 radical (unpaired) electrons. The number of benzene rings is 2. The highest BCUT2D eigenvalue weighted by Crippen LogP contribution is 2.48. The summed E-state index contributed by atoms with van der Waals surface area (Å²) < 4.78 is 3.87. The zero-order valence-corrected chi connectivity index (χ0v) is 28.4. The first-order valence-corrected chi connectivity index (χ1v) is 17.7. The van der Waals surface area contributed by atoms with Crippen molar-refractivity contribution < 1.29 is 28.5 Å². The highest BCUT2D eigenvalue weighted by molar-refractivity contribution is 8.03. The third-order valence-corrected chi connectivity index (χ3v) is 11.5. The molecule has 3 aliphatic rings. The van der Waals surface area contributed by atoms with Crippen LogP contribution in [0.5, 0.6) is 0 Å². The molecule has 2 heterocycles. The van der Waals surface area contributed by atoms with Crippen molar-refractivity contribution >= 4 is 68.6 Å². The maximum Gasteiger partial charge on any atom is 0.263 e. The fraction of sp³-hybridized carbons (Fsp3) is 0.344. The molecule has 1 aromatic heterocycles. The molecule has 39 heavy (non-hydrogen) atoms. The number of aryl methyl sites for hydroxylation is 1. The van der Waals surface area contributed by atoms with Crippen molar-refractivity contribution in [2.45, 2.75) is 60.8 Å². The van der Waals surface area contributed by atoms with Crippen LogP contribution in [0.15, 0.2) is 91.1 Å². The molecule has 2 aliphatic carbocycles. The molecule has 2 aromatic carbocycles. The summed E-state index contributed by atoms with van der Waals surface area (Å²) in [6.07, 6.45) is 19.1. The zero-order valence-electron chi connectivity index (χ0n) is 23.0. The summed E-state index contributed by atoms with van der Waals surface area (Å²) in [5.74, 6) is 0.707. The molecule has 3 aromatic rings. The Kier molecular flexibility index (Phi) is 9.64. The Morgan fingerprint density at radius 1 is 0.974 bits per heavy atom. The van der Waals surface area contributed by atoms with Gasteiger partial charge in [0.2, 0.25) is 5.52 Å². The van der Waals surface area contributed by atoms with Crippen LogP contribution in [0.25, 0.3) is 16.3 Å². The molecule has 1 aliphatic heterocycles. The number of hydrogen-bond acceptors (Lipinski definition) is 5. The average molecular weight is 703 g/mol. The van der Waals surface area contributed by atoms with E-state index >= 15 is 0 Å². The van der Waals surface area contributed by atoms with E-state index in [1.807, 2.05) is 46.6 Å². The number of thiazole rings is 1. The van der Waals surface area contributed by atoms with E-state index in [-0.39, 0.29) is 24.0 Å². The van der Waals surface area contributed by atoms with Gasteiger partial charge in [-0.3, -0.25) is 0 Å². The highest BCUT2D eigenvalue weighted by Gasteiger charge is 2.27. The number of hydrogen-bond donors (Lipinski definition) is 0. The Morgan fingerprint density at radius 3 is 2.51 bits per heavy atom. The fourth-order valence-electron chi connectivity index (χ4n) is 5.84. The molecule has 2 nitrogen and oxygen atoms in total. The minimum atomic E-state index is 0. The van der Waals surface area contributed by atoms with Crippen LogP contribution in [0.4, 0.5) is 5.69 Å². The largest absolute Gasteiger partial charge is 1.00 e. The second-order valence-electron chi connectivity index (χ2n) is 10.0. The molecule has 1 atom stereocenters. The Morgan fingerprint density at radius 2 is 1.74 bits per heavy atom. The van der Waals surface area contributed by atoms with E-state index in [9.17, 15) is 0 Å². The number of thioether (sulfide) groups is 3. The van der Waals surface area contributed by atoms with Crippen LogP contribution >= 0.6 is 46.6 Å². The van der Waals surface area contributed by atoms with E-state index in [2.05, 4.69) is 96.5 Å². The van der Waals surface area contributed by atoms with Gasteiger partial charge in [0.15, 0.2) is 0 Å². The second-order valence-corrected chi connectivity index (χ2v) is 13.9. The van der Waals surface area contributed by atoms with Crippen molar-refractivity contribution in [3.05, 3.63) is 81.4 Å². The monoisotopic (exact) mass is 702 g/mol. The minimum absolute atomic E-state index is 0. The van der Waals surface area contributed by atoms with Gasteiger partial charge in [-0.2, -0.15) is 4.57 Å². The predicted molar refractivity (Wildman–Crippen MR) is 171 cm³/mol. The van der Waals surface area contributed by atoms with Crippen LogP contribution in [-0.2, 0) is 6.54 Å². The molecule has 7 heteroatoms. The van der Waals surface area contributed by atoms with Crippen molar-refractivity contribution in [3.63, 3.8) is 0 Å². The number of nitrogens with zero attached hydrogens (tertiary/aromatic N) is 2. The van der Waals surface area contributed by atoms with Crippen molar-refractivity contribution in [1.82, 2.24) is 0 Å². The maximum atomic E-state index is 2.50. The van der Waals surface area contributed by atoms with Gasteiger partial charge in [-0.25, -0.2) is 0 Å². The Balaban J connectivity index is 0.00000308. The first-order chi connectivity index (χ1) is 18.6. The Hall–Kier alpha value is -1.13. The van der Waals surface area contributed by atoms with Crippen molar-refractivity contribution in [1.29, 1.82) is 0 Å². The van der Waals surface area contributed by atoms with Crippen LogP contribution in [-0.4, -0.2) is 19.1 Å². The number of allylic oxidation sites excluding steroid dienone is 6. The summed E-state index contributed by atoms with van der Waals surface area (Å²) in [5.41, 5.74) is 7.21. The average Bonchev–Trinajstić information content (AvgIpc) is 3.47. The van der Waals surface area contributed by atoms with Gasteiger partial charge in [-0.1, -0.05) is 35.3 Å². The van der Waals surface area contributed by atoms with Gasteiger partial charge in [-0.05, 0) is 111 Å². The van der Waals surface area contributed by atoms with Gasteiger partial charge < -0.3 is 28.9 Å². The molecular formula is C32H35IN2S4. The van der Waals surface area contributed by atoms with Crippen molar-refractivity contribution in [2.75, 3.05) is 24.0 Å². The van der Waals surface area contributed by atoms with E-state index in [1.165, 1.54) is 83.0 Å². The predicted octanol–water partition coefficient (Wildman–Crippen LogP) is 6.57. The molecule has 0 saturated carbocycles. The normalized spacial score (nSPS) is 20.6. The summed E-state index contributed by atoms with van der Waals surface area (Å²) in [6, 6.07) is 13.8. The van der Waals surface area contributed by atoms with Crippen LogP contribution < -0.4 is 33.4 Å². The number of halogens is 1. The van der Waals surface area contributed by atoms with Gasteiger partial charge in [-0.15, -0.1) is 23.5 Å². The lowest BCUT2D eigenvalue weighted by Crippen LogP contribution is -3.00. The van der Waals surface area contributed by atoms with Crippen LogP contribution in [0.1, 0.15) is 44.5 Å². The number of fused-ring (bicyclic) bond motifs is 3. The van der Waals surface area contributed by atoms with Crippen molar-refractivity contribution in [2.24, 2.45) is 5.92 Å². The fourth-order valence-corrected chi connectivity index (χ4v) is 9.07. The molecule has 0 amide bonds. The smallest absolute Gasteiger partial charge is 0.263 e. The highest BCUT2D eigenvalue weighted by atomic mass is 127. The lowest BCUT2D eigenvalue weighted by Gasteiger charge is -2.28. The SMILES string of the molecule is CCN1C(=CC2=CC3=CC(=Cc4sc5ccc(SC)cc5[n+]4CC)CCC3CC2)Sc2ccc(SC)cc21.[I-]. The molecule has 0 N–H and O–H groups in total. The summed E-state index contributed by atoms with van der Waals surface area (Å²) >= 11 is 7.49. The van der Waals surface area contributed by atoms with Gasteiger partial charge in [0.05, 0.1) is 10.7 Å².